The third-order valence-electron chi connectivity index (χ3n) is 3.85. The highest BCUT2D eigenvalue weighted by atomic mass is 16.5. The second kappa shape index (κ2) is 5.02. The summed E-state index contributed by atoms with van der Waals surface area (Å²) in [6.45, 7) is 2.33. The van der Waals surface area contributed by atoms with Crippen LogP contribution < -0.4 is 10.1 Å². The Morgan fingerprint density at radius 1 is 1.22 bits per heavy atom. The van der Waals surface area contributed by atoms with Crippen molar-refractivity contribution in [1.29, 1.82) is 0 Å². The topological polar surface area (TPSA) is 37.0 Å². The molecule has 3 rings (SSSR count). The highest BCUT2D eigenvalue weighted by molar-refractivity contribution is 5.81. The van der Waals surface area contributed by atoms with Gasteiger partial charge >= 0.3 is 0 Å². The van der Waals surface area contributed by atoms with Crippen molar-refractivity contribution in [3.05, 3.63) is 30.0 Å². The number of nitrogens with one attached hydrogen (secondary N) is 2. The van der Waals surface area contributed by atoms with Gasteiger partial charge in [-0.15, -0.1) is 0 Å². The van der Waals surface area contributed by atoms with Crippen LogP contribution in [0.2, 0.25) is 0 Å². The number of benzene rings is 1. The Bertz CT molecular complexity index is 526. The summed E-state index contributed by atoms with van der Waals surface area (Å²) in [7, 11) is 1.71. The number of H-pyrrole nitrogens is 1. The molecule has 0 atom stereocenters. The van der Waals surface area contributed by atoms with Crippen LogP contribution in [0.1, 0.15) is 18.5 Å². The van der Waals surface area contributed by atoms with E-state index in [0.717, 1.165) is 11.7 Å². The van der Waals surface area contributed by atoms with Gasteiger partial charge in [-0.2, -0.15) is 0 Å². The first-order valence-electron chi connectivity index (χ1n) is 6.71. The molecule has 0 saturated carbocycles. The molecular weight excluding hydrogens is 224 g/mol. The summed E-state index contributed by atoms with van der Waals surface area (Å²) < 4.78 is 5.25. The van der Waals surface area contributed by atoms with E-state index in [-0.39, 0.29) is 0 Å². The molecule has 18 heavy (non-hydrogen) atoms. The van der Waals surface area contributed by atoms with Gasteiger partial charge in [0, 0.05) is 17.3 Å². The van der Waals surface area contributed by atoms with Crippen molar-refractivity contribution in [2.45, 2.75) is 19.3 Å². The van der Waals surface area contributed by atoms with E-state index in [4.69, 9.17) is 4.74 Å². The standard InChI is InChI=1S/C15H20N2O/c1-18-14-3-2-12-9-13(17-15(12)10-14)8-11-4-6-16-7-5-11/h2-3,9-11,16-17H,4-8H2,1H3. The number of aromatic amines is 1. The zero-order chi connectivity index (χ0) is 12.4. The molecule has 3 nitrogen and oxygen atoms in total. The number of methoxy groups -OCH3 is 1. The van der Waals surface area contributed by atoms with Gasteiger partial charge in [0.15, 0.2) is 0 Å². The highest BCUT2D eigenvalue weighted by Crippen LogP contribution is 2.24. The molecule has 2 N–H and O–H groups in total. The third kappa shape index (κ3) is 2.36. The number of hydrogen-bond donors (Lipinski definition) is 2. The molecule has 0 spiro atoms. The smallest absolute Gasteiger partial charge is 0.120 e. The molecule has 1 aliphatic rings. The maximum Gasteiger partial charge on any atom is 0.120 e. The van der Waals surface area contributed by atoms with Crippen LogP contribution in [0.15, 0.2) is 24.3 Å². The number of hydrogen-bond acceptors (Lipinski definition) is 2. The fraction of sp³-hybridized carbons (Fsp3) is 0.467. The largest absolute Gasteiger partial charge is 0.497 e. The molecule has 1 aliphatic heterocycles. The fourth-order valence-corrected chi connectivity index (χ4v) is 2.80. The number of rotatable bonds is 3. The lowest BCUT2D eigenvalue weighted by atomic mass is 9.93. The van der Waals surface area contributed by atoms with Gasteiger partial charge in [-0.05, 0) is 61.9 Å². The summed E-state index contributed by atoms with van der Waals surface area (Å²) in [4.78, 5) is 3.52. The Kier molecular flexibility index (Phi) is 3.24. The van der Waals surface area contributed by atoms with Crippen LogP contribution in [-0.2, 0) is 6.42 Å². The van der Waals surface area contributed by atoms with E-state index >= 15 is 0 Å². The first-order chi connectivity index (χ1) is 8.85. The predicted octanol–water partition coefficient (Wildman–Crippen LogP) is 2.72. The van der Waals surface area contributed by atoms with Gasteiger partial charge in [0.2, 0.25) is 0 Å². The minimum atomic E-state index is 0.821. The summed E-state index contributed by atoms with van der Waals surface area (Å²) in [6, 6.07) is 8.49. The minimum absolute atomic E-state index is 0.821. The SMILES string of the molecule is COc1ccc2cc(CC3CCNCC3)[nH]c2c1. The number of ether oxygens (including phenoxy) is 1. The normalized spacial score (nSPS) is 17.2. The molecular formula is C15H20N2O. The van der Waals surface area contributed by atoms with Gasteiger partial charge in [0.05, 0.1) is 7.11 Å². The van der Waals surface area contributed by atoms with Crippen LogP contribution in [0.4, 0.5) is 0 Å². The quantitative estimate of drug-likeness (QED) is 0.871. The molecule has 0 bridgehead atoms. The van der Waals surface area contributed by atoms with Gasteiger partial charge in [0.1, 0.15) is 5.75 Å². The van der Waals surface area contributed by atoms with Gasteiger partial charge < -0.3 is 15.0 Å². The van der Waals surface area contributed by atoms with Crippen molar-refractivity contribution in [3.8, 4) is 5.75 Å². The number of fused-ring (bicyclic) bond motifs is 1. The minimum Gasteiger partial charge on any atom is -0.497 e. The lowest BCUT2D eigenvalue weighted by Gasteiger charge is -2.21. The molecule has 0 radical (unpaired) electrons. The summed E-state index contributed by atoms with van der Waals surface area (Å²) in [5.41, 5.74) is 2.53. The van der Waals surface area contributed by atoms with E-state index in [9.17, 15) is 0 Å². The molecule has 1 aromatic heterocycles. The van der Waals surface area contributed by atoms with Gasteiger partial charge in [-0.25, -0.2) is 0 Å². The first kappa shape index (κ1) is 11.6. The lowest BCUT2D eigenvalue weighted by Crippen LogP contribution is -2.28. The Balaban J connectivity index is 1.79. The summed E-state index contributed by atoms with van der Waals surface area (Å²) in [6.07, 6.45) is 3.75. The van der Waals surface area contributed by atoms with Gasteiger partial charge in [0.25, 0.3) is 0 Å². The first-order valence-corrected chi connectivity index (χ1v) is 6.71. The van der Waals surface area contributed by atoms with Crippen LogP contribution in [0.25, 0.3) is 10.9 Å². The molecule has 1 aromatic carbocycles. The predicted molar refractivity (Wildman–Crippen MR) is 74.1 cm³/mol. The van der Waals surface area contributed by atoms with Crippen LogP contribution in [0.5, 0.6) is 5.75 Å². The average molecular weight is 244 g/mol. The lowest BCUT2D eigenvalue weighted by molar-refractivity contribution is 0.371. The van der Waals surface area contributed by atoms with Gasteiger partial charge in [-0.1, -0.05) is 0 Å². The van der Waals surface area contributed by atoms with E-state index < -0.39 is 0 Å². The summed E-state index contributed by atoms with van der Waals surface area (Å²) in [5.74, 6) is 1.74. The molecule has 0 aliphatic carbocycles. The van der Waals surface area contributed by atoms with Crippen molar-refractivity contribution in [3.63, 3.8) is 0 Å². The van der Waals surface area contributed by atoms with Crippen molar-refractivity contribution in [2.75, 3.05) is 20.2 Å². The van der Waals surface area contributed by atoms with Crippen LogP contribution in [-0.4, -0.2) is 25.2 Å². The molecule has 3 heteroatoms. The maximum atomic E-state index is 5.25. The maximum absolute atomic E-state index is 5.25. The molecule has 2 heterocycles. The van der Waals surface area contributed by atoms with Crippen molar-refractivity contribution >= 4 is 10.9 Å². The number of aromatic nitrogens is 1. The average Bonchev–Trinajstić information content (AvgIpc) is 2.80. The second-order valence-electron chi connectivity index (χ2n) is 5.15. The zero-order valence-corrected chi connectivity index (χ0v) is 10.8. The van der Waals surface area contributed by atoms with E-state index in [2.05, 4.69) is 28.5 Å². The third-order valence-corrected chi connectivity index (χ3v) is 3.85. The Morgan fingerprint density at radius 2 is 2.06 bits per heavy atom. The summed E-state index contributed by atoms with van der Waals surface area (Å²) >= 11 is 0. The highest BCUT2D eigenvalue weighted by Gasteiger charge is 2.14. The van der Waals surface area contributed by atoms with Crippen molar-refractivity contribution in [2.24, 2.45) is 5.92 Å². The van der Waals surface area contributed by atoms with Crippen molar-refractivity contribution < 1.29 is 4.74 Å². The summed E-state index contributed by atoms with van der Waals surface area (Å²) in [5, 5.41) is 4.69. The van der Waals surface area contributed by atoms with Crippen LogP contribution in [0, 0.1) is 5.92 Å². The molecule has 96 valence electrons. The Hall–Kier alpha value is -1.48. The van der Waals surface area contributed by atoms with Crippen LogP contribution in [0.3, 0.4) is 0 Å². The second-order valence-corrected chi connectivity index (χ2v) is 5.15. The van der Waals surface area contributed by atoms with E-state index in [1.54, 1.807) is 7.11 Å². The molecule has 0 amide bonds. The van der Waals surface area contributed by atoms with E-state index in [1.807, 2.05) is 6.07 Å². The molecule has 1 fully saturated rings. The van der Waals surface area contributed by atoms with E-state index in [1.165, 1.54) is 48.9 Å². The fourth-order valence-electron chi connectivity index (χ4n) is 2.80. The zero-order valence-electron chi connectivity index (χ0n) is 10.8. The number of piperidine rings is 1. The molecule has 2 aromatic rings. The molecule has 0 unspecified atom stereocenters. The van der Waals surface area contributed by atoms with Gasteiger partial charge in [-0.3, -0.25) is 0 Å². The van der Waals surface area contributed by atoms with Crippen LogP contribution >= 0.6 is 0 Å². The Labute approximate surface area is 108 Å². The molecule has 1 saturated heterocycles. The van der Waals surface area contributed by atoms with E-state index in [0.29, 0.717) is 0 Å². The van der Waals surface area contributed by atoms with Crippen molar-refractivity contribution in [1.82, 2.24) is 10.3 Å². The Morgan fingerprint density at radius 3 is 2.83 bits per heavy atom. The monoisotopic (exact) mass is 244 g/mol.